The maximum Gasteiger partial charge on any atom is 0.303 e. The number of carboxylic acid groups (broad SMARTS) is 1. The second-order valence-corrected chi connectivity index (χ2v) is 5.88. The molecule has 0 aromatic carbocycles. The summed E-state index contributed by atoms with van der Waals surface area (Å²) in [5.74, 6) is -0.585. The van der Waals surface area contributed by atoms with Crippen molar-refractivity contribution in [2.75, 3.05) is 6.54 Å². The number of amides is 1. The van der Waals surface area contributed by atoms with Crippen molar-refractivity contribution in [2.24, 2.45) is 17.1 Å². The van der Waals surface area contributed by atoms with Crippen molar-refractivity contribution in [1.29, 1.82) is 0 Å². The van der Waals surface area contributed by atoms with E-state index >= 15 is 0 Å². The van der Waals surface area contributed by atoms with Gasteiger partial charge in [-0.2, -0.15) is 0 Å². The van der Waals surface area contributed by atoms with Gasteiger partial charge in [0.15, 0.2) is 0 Å². The molecule has 0 unspecified atom stereocenters. The second kappa shape index (κ2) is 6.18. The average molecular weight is 256 g/mol. The van der Waals surface area contributed by atoms with Crippen LogP contribution in [0.4, 0.5) is 0 Å². The topological polar surface area (TPSA) is 92.4 Å². The van der Waals surface area contributed by atoms with E-state index in [9.17, 15) is 9.59 Å². The number of carbonyl (C=O) groups excluding carboxylic acids is 1. The fourth-order valence-electron chi connectivity index (χ4n) is 2.43. The smallest absolute Gasteiger partial charge is 0.303 e. The Balaban J connectivity index is 2.38. The van der Waals surface area contributed by atoms with Gasteiger partial charge in [-0.25, -0.2) is 0 Å². The van der Waals surface area contributed by atoms with Gasteiger partial charge in [-0.05, 0) is 30.6 Å². The Labute approximate surface area is 108 Å². The Morgan fingerprint density at radius 2 is 2.00 bits per heavy atom. The van der Waals surface area contributed by atoms with Gasteiger partial charge in [-0.1, -0.05) is 20.3 Å². The molecule has 0 heterocycles. The van der Waals surface area contributed by atoms with Crippen LogP contribution in [0, 0.1) is 11.3 Å². The zero-order valence-electron chi connectivity index (χ0n) is 11.2. The summed E-state index contributed by atoms with van der Waals surface area (Å²) in [6.45, 7) is 4.47. The zero-order chi connectivity index (χ0) is 13.8. The van der Waals surface area contributed by atoms with Gasteiger partial charge in [0.05, 0.1) is 12.5 Å². The van der Waals surface area contributed by atoms with Gasteiger partial charge < -0.3 is 16.2 Å². The van der Waals surface area contributed by atoms with Crippen LogP contribution in [-0.4, -0.2) is 29.6 Å². The van der Waals surface area contributed by atoms with Crippen LogP contribution in [0.1, 0.15) is 46.0 Å². The van der Waals surface area contributed by atoms with Crippen molar-refractivity contribution in [2.45, 2.75) is 52.0 Å². The summed E-state index contributed by atoms with van der Waals surface area (Å²) < 4.78 is 0. The Morgan fingerprint density at radius 1 is 1.39 bits per heavy atom. The number of aliphatic carboxylic acids is 1. The van der Waals surface area contributed by atoms with E-state index in [0.29, 0.717) is 18.9 Å². The lowest BCUT2D eigenvalue weighted by molar-refractivity contribution is -0.142. The normalized spacial score (nSPS) is 19.1. The van der Waals surface area contributed by atoms with E-state index in [1.54, 1.807) is 0 Å². The summed E-state index contributed by atoms with van der Waals surface area (Å²) in [5, 5.41) is 11.7. The molecule has 5 nitrogen and oxygen atoms in total. The van der Waals surface area contributed by atoms with Crippen molar-refractivity contribution >= 4 is 11.9 Å². The fourth-order valence-corrected chi connectivity index (χ4v) is 2.43. The highest BCUT2D eigenvalue weighted by atomic mass is 16.4. The van der Waals surface area contributed by atoms with Crippen molar-refractivity contribution in [1.82, 2.24) is 5.32 Å². The summed E-state index contributed by atoms with van der Waals surface area (Å²) in [4.78, 5) is 22.6. The minimum atomic E-state index is -0.796. The molecule has 1 atom stereocenters. The lowest BCUT2D eigenvalue weighted by Gasteiger charge is -2.41. The molecular formula is C13H24N2O3. The van der Waals surface area contributed by atoms with E-state index in [2.05, 4.69) is 5.32 Å². The van der Waals surface area contributed by atoms with Crippen LogP contribution < -0.4 is 11.1 Å². The first kappa shape index (κ1) is 15.0. The summed E-state index contributed by atoms with van der Waals surface area (Å²) in [5.41, 5.74) is 5.54. The van der Waals surface area contributed by atoms with Crippen LogP contribution in [0.5, 0.6) is 0 Å². The van der Waals surface area contributed by atoms with Crippen LogP contribution in [-0.2, 0) is 9.59 Å². The lowest BCUT2D eigenvalue weighted by atomic mass is 9.66. The number of rotatable bonds is 7. The lowest BCUT2D eigenvalue weighted by Crippen LogP contribution is -2.48. The third-order valence-corrected chi connectivity index (χ3v) is 3.64. The van der Waals surface area contributed by atoms with E-state index in [1.165, 1.54) is 0 Å². The SMILES string of the molecule is CC(C)C[C@@H](N)C(=O)NCC1(CC(=O)O)CCC1. The molecule has 0 aromatic heterocycles. The maximum atomic E-state index is 11.8. The van der Waals surface area contributed by atoms with Gasteiger partial charge in [-0.15, -0.1) is 0 Å². The average Bonchev–Trinajstić information content (AvgIpc) is 2.19. The molecule has 1 rings (SSSR count). The van der Waals surface area contributed by atoms with Crippen molar-refractivity contribution in [3.63, 3.8) is 0 Å². The Kier molecular flexibility index (Phi) is 5.14. The molecule has 0 spiro atoms. The Hall–Kier alpha value is -1.10. The number of carboxylic acids is 1. The van der Waals surface area contributed by atoms with Crippen LogP contribution in [0.25, 0.3) is 0 Å². The van der Waals surface area contributed by atoms with Gasteiger partial charge >= 0.3 is 5.97 Å². The number of nitrogens with one attached hydrogen (secondary N) is 1. The molecule has 0 radical (unpaired) electrons. The summed E-state index contributed by atoms with van der Waals surface area (Å²) in [7, 11) is 0. The second-order valence-electron chi connectivity index (χ2n) is 5.88. The molecule has 1 saturated carbocycles. The molecule has 1 amide bonds. The third-order valence-electron chi connectivity index (χ3n) is 3.64. The molecular weight excluding hydrogens is 232 g/mol. The highest BCUT2D eigenvalue weighted by Crippen LogP contribution is 2.43. The van der Waals surface area contributed by atoms with Crippen LogP contribution >= 0.6 is 0 Å². The van der Waals surface area contributed by atoms with E-state index in [4.69, 9.17) is 10.8 Å². The largest absolute Gasteiger partial charge is 0.481 e. The van der Waals surface area contributed by atoms with Gasteiger partial charge in [-0.3, -0.25) is 9.59 Å². The summed E-state index contributed by atoms with van der Waals surface area (Å²) in [6, 6.07) is -0.494. The van der Waals surface area contributed by atoms with Gasteiger partial charge in [0.25, 0.3) is 0 Å². The van der Waals surface area contributed by atoms with Gasteiger partial charge in [0.2, 0.25) is 5.91 Å². The zero-order valence-corrected chi connectivity index (χ0v) is 11.2. The monoisotopic (exact) mass is 256 g/mol. The molecule has 1 aliphatic rings. The molecule has 1 aliphatic carbocycles. The van der Waals surface area contributed by atoms with E-state index in [-0.39, 0.29) is 17.7 Å². The first-order chi connectivity index (χ1) is 8.34. The van der Waals surface area contributed by atoms with Crippen LogP contribution in [0.15, 0.2) is 0 Å². The fraction of sp³-hybridized carbons (Fsp3) is 0.846. The van der Waals surface area contributed by atoms with E-state index in [0.717, 1.165) is 19.3 Å². The number of hydrogen-bond donors (Lipinski definition) is 3. The van der Waals surface area contributed by atoms with Crippen molar-refractivity contribution in [3.05, 3.63) is 0 Å². The van der Waals surface area contributed by atoms with Crippen LogP contribution in [0.2, 0.25) is 0 Å². The molecule has 0 saturated heterocycles. The summed E-state index contributed by atoms with van der Waals surface area (Å²) in [6.07, 6.45) is 3.57. The molecule has 18 heavy (non-hydrogen) atoms. The molecule has 5 heteroatoms. The molecule has 0 aromatic rings. The van der Waals surface area contributed by atoms with Gasteiger partial charge in [0, 0.05) is 6.54 Å². The van der Waals surface area contributed by atoms with E-state index in [1.807, 2.05) is 13.8 Å². The molecule has 4 N–H and O–H groups in total. The number of carbonyl (C=O) groups is 2. The van der Waals surface area contributed by atoms with Crippen molar-refractivity contribution < 1.29 is 14.7 Å². The maximum absolute atomic E-state index is 11.8. The minimum Gasteiger partial charge on any atom is -0.481 e. The third kappa shape index (κ3) is 4.29. The summed E-state index contributed by atoms with van der Waals surface area (Å²) >= 11 is 0. The van der Waals surface area contributed by atoms with Crippen LogP contribution in [0.3, 0.4) is 0 Å². The highest BCUT2D eigenvalue weighted by Gasteiger charge is 2.39. The number of hydrogen-bond acceptors (Lipinski definition) is 3. The predicted molar refractivity (Wildman–Crippen MR) is 69.0 cm³/mol. The Bertz CT molecular complexity index is 311. The standard InChI is InChI=1S/C13H24N2O3/c1-9(2)6-10(14)12(18)15-8-13(4-3-5-13)7-11(16)17/h9-10H,3-8,14H2,1-2H3,(H,15,18)(H,16,17)/t10-/m1/s1. The molecule has 1 fully saturated rings. The molecule has 0 bridgehead atoms. The Morgan fingerprint density at radius 3 is 2.39 bits per heavy atom. The van der Waals surface area contributed by atoms with E-state index < -0.39 is 12.0 Å². The molecule has 0 aliphatic heterocycles. The highest BCUT2D eigenvalue weighted by molar-refractivity contribution is 5.81. The quantitative estimate of drug-likeness (QED) is 0.636. The first-order valence-electron chi connectivity index (χ1n) is 6.60. The minimum absolute atomic E-state index is 0.132. The number of nitrogens with two attached hydrogens (primary N) is 1. The first-order valence-corrected chi connectivity index (χ1v) is 6.60. The molecule has 104 valence electrons. The van der Waals surface area contributed by atoms with Gasteiger partial charge in [0.1, 0.15) is 0 Å². The predicted octanol–water partition coefficient (Wildman–Crippen LogP) is 1.12. The van der Waals surface area contributed by atoms with Crippen molar-refractivity contribution in [3.8, 4) is 0 Å².